The molecule has 3 heterocycles. The van der Waals surface area contributed by atoms with Crippen molar-refractivity contribution < 1.29 is 14.3 Å². The Bertz CT molecular complexity index is 726. The number of pyridine rings is 1. The molecule has 1 atom stereocenters. The highest BCUT2D eigenvalue weighted by Crippen LogP contribution is 2.28. The fourth-order valence-corrected chi connectivity index (χ4v) is 3.24. The van der Waals surface area contributed by atoms with Crippen LogP contribution in [0.1, 0.15) is 34.2 Å². The summed E-state index contributed by atoms with van der Waals surface area (Å²) in [5.74, 6) is 1.80. The highest BCUT2D eigenvalue weighted by Gasteiger charge is 2.31. The van der Waals surface area contributed by atoms with E-state index in [1.54, 1.807) is 32.5 Å². The van der Waals surface area contributed by atoms with Crippen molar-refractivity contribution in [2.24, 2.45) is 0 Å². The average molecular weight is 344 g/mol. The van der Waals surface area contributed by atoms with Gasteiger partial charge in [0.2, 0.25) is 5.88 Å². The number of carbonyl (C=O) groups is 1. The van der Waals surface area contributed by atoms with Gasteiger partial charge in [-0.2, -0.15) is 0 Å². The Morgan fingerprint density at radius 2 is 2.12 bits per heavy atom. The summed E-state index contributed by atoms with van der Waals surface area (Å²) in [5, 5.41) is 0. The van der Waals surface area contributed by atoms with E-state index in [4.69, 9.17) is 9.47 Å². The van der Waals surface area contributed by atoms with E-state index >= 15 is 0 Å². The number of nitrogens with zero attached hydrogens (tertiary/aromatic N) is 4. The quantitative estimate of drug-likeness (QED) is 0.800. The molecule has 3 rings (SSSR count). The minimum absolute atomic E-state index is 0.00405. The van der Waals surface area contributed by atoms with Crippen molar-refractivity contribution >= 4 is 5.91 Å². The summed E-state index contributed by atoms with van der Waals surface area (Å²) in [5.41, 5.74) is 1.71. The third-order valence-electron chi connectivity index (χ3n) is 4.64. The fraction of sp³-hybridized carbons (Fsp3) is 0.500. The van der Waals surface area contributed by atoms with Gasteiger partial charge >= 0.3 is 0 Å². The molecule has 1 aliphatic rings. The van der Waals surface area contributed by atoms with E-state index in [0.29, 0.717) is 24.6 Å². The maximum atomic E-state index is 12.7. The molecule has 0 N–H and O–H groups in total. The van der Waals surface area contributed by atoms with Gasteiger partial charge < -0.3 is 18.9 Å². The Kier molecular flexibility index (Phi) is 5.33. The summed E-state index contributed by atoms with van der Waals surface area (Å²) in [6, 6.07) is 3.47. The molecule has 0 radical (unpaired) electrons. The maximum Gasteiger partial charge on any atom is 0.255 e. The molecule has 0 aromatic carbocycles. The molecule has 1 fully saturated rings. The molecule has 7 nitrogen and oxygen atoms in total. The largest absolute Gasteiger partial charge is 0.481 e. The minimum Gasteiger partial charge on any atom is -0.481 e. The lowest BCUT2D eigenvalue weighted by Crippen LogP contribution is -2.29. The van der Waals surface area contributed by atoms with Crippen LogP contribution in [0.3, 0.4) is 0 Å². The van der Waals surface area contributed by atoms with Crippen molar-refractivity contribution in [3.63, 3.8) is 0 Å². The highest BCUT2D eigenvalue weighted by molar-refractivity contribution is 5.94. The van der Waals surface area contributed by atoms with Crippen LogP contribution < -0.4 is 4.74 Å². The molecule has 2 aromatic rings. The first-order valence-electron chi connectivity index (χ1n) is 8.44. The number of ether oxygens (including phenoxy) is 2. The van der Waals surface area contributed by atoms with Crippen molar-refractivity contribution in [2.45, 2.75) is 25.8 Å². The number of rotatable bonds is 6. The number of likely N-dealkylation sites (tertiary alicyclic amines) is 1. The van der Waals surface area contributed by atoms with Gasteiger partial charge in [-0.3, -0.25) is 4.79 Å². The molecule has 0 aliphatic carbocycles. The normalized spacial score (nSPS) is 17.1. The summed E-state index contributed by atoms with van der Waals surface area (Å²) in [7, 11) is 3.26. The first-order chi connectivity index (χ1) is 12.1. The molecule has 1 aliphatic heterocycles. The number of amides is 1. The van der Waals surface area contributed by atoms with Crippen molar-refractivity contribution in [1.29, 1.82) is 0 Å². The maximum absolute atomic E-state index is 12.7. The van der Waals surface area contributed by atoms with Crippen LogP contribution in [-0.2, 0) is 11.3 Å². The molecule has 7 heteroatoms. The molecule has 0 spiro atoms. The Morgan fingerprint density at radius 3 is 2.80 bits per heavy atom. The number of carbonyl (C=O) groups excluding carboxylic acids is 1. The van der Waals surface area contributed by atoms with Crippen molar-refractivity contribution in [1.82, 2.24) is 19.4 Å². The SMILES string of the molecule is COCCn1c(C)cnc1C1CCN(C(=O)c2ccc(OC)nc2)C1. The van der Waals surface area contributed by atoms with E-state index in [1.165, 1.54) is 0 Å². The Labute approximate surface area is 147 Å². The Balaban J connectivity index is 1.70. The lowest BCUT2D eigenvalue weighted by Gasteiger charge is -2.17. The van der Waals surface area contributed by atoms with Crippen LogP contribution >= 0.6 is 0 Å². The predicted molar refractivity (Wildman–Crippen MR) is 92.9 cm³/mol. The minimum atomic E-state index is 0.00405. The van der Waals surface area contributed by atoms with Crippen molar-refractivity contribution in [3.05, 3.63) is 41.6 Å². The average Bonchev–Trinajstić information content (AvgIpc) is 3.26. The molecule has 0 bridgehead atoms. The lowest BCUT2D eigenvalue weighted by atomic mass is 10.1. The number of hydrogen-bond donors (Lipinski definition) is 0. The molecule has 1 saturated heterocycles. The first kappa shape index (κ1) is 17.4. The zero-order valence-corrected chi connectivity index (χ0v) is 14.9. The van der Waals surface area contributed by atoms with Gasteiger partial charge in [-0.25, -0.2) is 9.97 Å². The van der Waals surface area contributed by atoms with Crippen LogP contribution in [-0.4, -0.2) is 59.3 Å². The topological polar surface area (TPSA) is 69.5 Å². The fourth-order valence-electron chi connectivity index (χ4n) is 3.24. The van der Waals surface area contributed by atoms with Crippen LogP contribution in [0.5, 0.6) is 5.88 Å². The molecular formula is C18H24N4O3. The zero-order valence-electron chi connectivity index (χ0n) is 14.9. The van der Waals surface area contributed by atoms with Gasteiger partial charge in [0.25, 0.3) is 5.91 Å². The van der Waals surface area contributed by atoms with Gasteiger partial charge in [-0.05, 0) is 19.4 Å². The number of aromatic nitrogens is 3. The van der Waals surface area contributed by atoms with Crippen LogP contribution in [0.4, 0.5) is 0 Å². The van der Waals surface area contributed by atoms with Gasteiger partial charge in [0.1, 0.15) is 5.82 Å². The standard InChI is InChI=1S/C18H24N4O3/c1-13-10-20-17(22(13)8-9-24-2)15-6-7-21(12-15)18(23)14-4-5-16(25-3)19-11-14/h4-5,10-11,15H,6-9,12H2,1-3H3. The van der Waals surface area contributed by atoms with Crippen molar-refractivity contribution in [2.75, 3.05) is 33.9 Å². The third kappa shape index (κ3) is 3.66. The van der Waals surface area contributed by atoms with Crippen LogP contribution in [0.25, 0.3) is 0 Å². The molecule has 0 saturated carbocycles. The van der Waals surface area contributed by atoms with Gasteiger partial charge in [0, 0.05) is 56.8 Å². The van der Waals surface area contributed by atoms with E-state index in [2.05, 4.69) is 14.5 Å². The van der Waals surface area contributed by atoms with E-state index in [1.807, 2.05) is 18.0 Å². The third-order valence-corrected chi connectivity index (χ3v) is 4.64. The summed E-state index contributed by atoms with van der Waals surface area (Å²) in [6.45, 7) is 4.88. The molecular weight excluding hydrogens is 320 g/mol. The van der Waals surface area contributed by atoms with E-state index < -0.39 is 0 Å². The first-order valence-corrected chi connectivity index (χ1v) is 8.44. The monoisotopic (exact) mass is 344 g/mol. The second kappa shape index (κ2) is 7.65. The van der Waals surface area contributed by atoms with Crippen LogP contribution in [0, 0.1) is 6.92 Å². The second-order valence-electron chi connectivity index (χ2n) is 6.23. The molecule has 1 amide bonds. The second-order valence-corrected chi connectivity index (χ2v) is 6.23. The Hall–Kier alpha value is -2.41. The molecule has 134 valence electrons. The highest BCUT2D eigenvalue weighted by atomic mass is 16.5. The van der Waals surface area contributed by atoms with Crippen LogP contribution in [0.2, 0.25) is 0 Å². The van der Waals surface area contributed by atoms with E-state index in [0.717, 1.165) is 31.0 Å². The molecule has 25 heavy (non-hydrogen) atoms. The molecule has 1 unspecified atom stereocenters. The Morgan fingerprint density at radius 1 is 1.28 bits per heavy atom. The van der Waals surface area contributed by atoms with Gasteiger partial charge in [-0.15, -0.1) is 0 Å². The zero-order chi connectivity index (χ0) is 17.8. The predicted octanol–water partition coefficient (Wildman–Crippen LogP) is 1.87. The van der Waals surface area contributed by atoms with E-state index in [-0.39, 0.29) is 11.8 Å². The van der Waals surface area contributed by atoms with E-state index in [9.17, 15) is 4.79 Å². The smallest absolute Gasteiger partial charge is 0.255 e. The number of methoxy groups -OCH3 is 2. The lowest BCUT2D eigenvalue weighted by molar-refractivity contribution is 0.0789. The van der Waals surface area contributed by atoms with Crippen LogP contribution in [0.15, 0.2) is 24.5 Å². The van der Waals surface area contributed by atoms with Gasteiger partial charge in [0.05, 0.1) is 19.3 Å². The molecule has 2 aromatic heterocycles. The number of hydrogen-bond acceptors (Lipinski definition) is 5. The summed E-state index contributed by atoms with van der Waals surface area (Å²) in [4.78, 5) is 23.3. The summed E-state index contributed by atoms with van der Waals surface area (Å²) >= 11 is 0. The van der Waals surface area contributed by atoms with Gasteiger partial charge in [0.15, 0.2) is 0 Å². The number of imidazole rings is 1. The van der Waals surface area contributed by atoms with Gasteiger partial charge in [-0.1, -0.05) is 0 Å². The number of aryl methyl sites for hydroxylation is 1. The summed E-state index contributed by atoms with van der Waals surface area (Å²) < 4.78 is 12.4. The van der Waals surface area contributed by atoms with Crippen molar-refractivity contribution in [3.8, 4) is 5.88 Å². The summed E-state index contributed by atoms with van der Waals surface area (Å²) in [6.07, 6.45) is 4.37.